The topological polar surface area (TPSA) is 32.3 Å². The van der Waals surface area contributed by atoms with Crippen LogP contribution in [0.1, 0.15) is 24.9 Å². The van der Waals surface area contributed by atoms with E-state index in [0.29, 0.717) is 6.04 Å². The first-order valence-corrected chi connectivity index (χ1v) is 9.12. The van der Waals surface area contributed by atoms with Crippen LogP contribution in [0.15, 0.2) is 24.3 Å². The van der Waals surface area contributed by atoms with Crippen LogP contribution in [0.4, 0.5) is 0 Å². The number of benzene rings is 1. The highest BCUT2D eigenvalue weighted by Gasteiger charge is 2.18. The van der Waals surface area contributed by atoms with Crippen molar-refractivity contribution in [3.63, 3.8) is 0 Å². The van der Waals surface area contributed by atoms with Gasteiger partial charge < -0.3 is 10.2 Å². The Balaban J connectivity index is 1.93. The summed E-state index contributed by atoms with van der Waals surface area (Å²) in [6.45, 7) is 5.98. The lowest BCUT2D eigenvalue weighted by Gasteiger charge is -2.28. The molecule has 2 rings (SSSR count). The van der Waals surface area contributed by atoms with Crippen LogP contribution in [-0.2, 0) is 10.8 Å². The molecule has 0 aliphatic carbocycles. The summed E-state index contributed by atoms with van der Waals surface area (Å²) < 4.78 is 11.4. The summed E-state index contributed by atoms with van der Waals surface area (Å²) in [6, 6.07) is 8.34. The Morgan fingerprint density at radius 1 is 1.35 bits per heavy atom. The van der Waals surface area contributed by atoms with Crippen molar-refractivity contribution in [3.8, 4) is 0 Å². The van der Waals surface area contributed by atoms with Gasteiger partial charge in [-0.2, -0.15) is 0 Å². The lowest BCUT2D eigenvalue weighted by atomic mass is 10.0. The molecule has 1 heterocycles. The van der Waals surface area contributed by atoms with Crippen molar-refractivity contribution in [2.75, 3.05) is 37.7 Å². The molecule has 1 saturated heterocycles. The van der Waals surface area contributed by atoms with Crippen LogP contribution in [-0.4, -0.2) is 46.8 Å². The second-order valence-corrected chi connectivity index (χ2v) is 7.21. The van der Waals surface area contributed by atoms with Crippen molar-refractivity contribution in [1.29, 1.82) is 0 Å². The molecule has 20 heavy (non-hydrogen) atoms. The summed E-state index contributed by atoms with van der Waals surface area (Å²) in [5.41, 5.74) is 1.18. The first-order valence-electron chi connectivity index (χ1n) is 7.26. The van der Waals surface area contributed by atoms with Crippen LogP contribution in [0.25, 0.3) is 0 Å². The van der Waals surface area contributed by atoms with Gasteiger partial charge >= 0.3 is 0 Å². The second kappa shape index (κ2) is 8.13. The van der Waals surface area contributed by atoms with Gasteiger partial charge in [0.15, 0.2) is 0 Å². The minimum Gasteiger partial charge on any atom is -0.310 e. The summed E-state index contributed by atoms with van der Waals surface area (Å²) in [7, 11) is -0.597. The number of hydrogen-bond donors (Lipinski definition) is 1. The third kappa shape index (κ3) is 4.55. The smallest absolute Gasteiger partial charge is 0.0453 e. The molecule has 0 radical (unpaired) electrons. The first-order chi connectivity index (χ1) is 9.70. The van der Waals surface area contributed by atoms with Crippen molar-refractivity contribution in [2.45, 2.75) is 19.4 Å². The van der Waals surface area contributed by atoms with Crippen molar-refractivity contribution in [1.82, 2.24) is 10.2 Å². The number of halogens is 1. The molecule has 1 aliphatic heterocycles. The first kappa shape index (κ1) is 16.0. The Kier molecular flexibility index (Phi) is 6.49. The minimum atomic E-state index is -0.597. The molecular weight excluding hydrogens is 292 g/mol. The maximum absolute atomic E-state index is 11.4. The molecule has 0 spiro atoms. The van der Waals surface area contributed by atoms with Crippen molar-refractivity contribution < 1.29 is 4.21 Å². The molecule has 1 aliphatic rings. The van der Waals surface area contributed by atoms with Gasteiger partial charge in [0.1, 0.15) is 0 Å². The SMILES string of the molecule is CCNC(CCN1CCS(=O)CC1)c1ccccc1Cl. The van der Waals surface area contributed by atoms with Gasteiger partial charge in [0, 0.05) is 53.0 Å². The summed E-state index contributed by atoms with van der Waals surface area (Å²) in [6.07, 6.45) is 1.03. The van der Waals surface area contributed by atoms with Gasteiger partial charge in [0.05, 0.1) is 0 Å². The number of rotatable bonds is 6. The summed E-state index contributed by atoms with van der Waals surface area (Å²) in [4.78, 5) is 2.41. The third-order valence-corrected chi connectivity index (χ3v) is 5.36. The van der Waals surface area contributed by atoms with Crippen molar-refractivity contribution in [3.05, 3.63) is 34.9 Å². The van der Waals surface area contributed by atoms with E-state index < -0.39 is 10.8 Å². The molecule has 1 fully saturated rings. The Bertz CT molecular complexity index is 445. The van der Waals surface area contributed by atoms with Crippen LogP contribution in [0, 0.1) is 0 Å². The van der Waals surface area contributed by atoms with E-state index in [9.17, 15) is 4.21 Å². The zero-order valence-electron chi connectivity index (χ0n) is 12.0. The Morgan fingerprint density at radius 3 is 2.70 bits per heavy atom. The highest BCUT2D eigenvalue weighted by Crippen LogP contribution is 2.25. The fourth-order valence-corrected chi connectivity index (χ4v) is 3.98. The Morgan fingerprint density at radius 2 is 2.05 bits per heavy atom. The van der Waals surface area contributed by atoms with E-state index >= 15 is 0 Å². The molecule has 0 saturated carbocycles. The maximum Gasteiger partial charge on any atom is 0.0453 e. The normalized spacial score (nSPS) is 19.1. The number of nitrogens with one attached hydrogen (secondary N) is 1. The molecule has 5 heteroatoms. The highest BCUT2D eigenvalue weighted by molar-refractivity contribution is 7.85. The number of hydrogen-bond acceptors (Lipinski definition) is 3. The zero-order valence-corrected chi connectivity index (χ0v) is 13.6. The molecule has 1 aromatic rings. The van der Waals surface area contributed by atoms with E-state index in [1.54, 1.807) is 0 Å². The fourth-order valence-electron chi connectivity index (χ4n) is 2.58. The van der Waals surface area contributed by atoms with Gasteiger partial charge in [-0.05, 0) is 24.6 Å². The largest absolute Gasteiger partial charge is 0.310 e. The van der Waals surface area contributed by atoms with E-state index in [1.165, 1.54) is 5.56 Å². The standard InChI is InChI=1S/C15H23ClN2OS/c1-2-17-15(13-5-3-4-6-14(13)16)7-8-18-9-11-20(19)12-10-18/h3-6,15,17H,2,7-12H2,1H3. The summed E-state index contributed by atoms with van der Waals surface area (Å²) in [5, 5.41) is 4.35. The van der Waals surface area contributed by atoms with E-state index in [2.05, 4.69) is 23.2 Å². The molecule has 1 atom stereocenters. The van der Waals surface area contributed by atoms with Gasteiger partial charge in [-0.1, -0.05) is 36.7 Å². The van der Waals surface area contributed by atoms with Crippen LogP contribution in [0.3, 0.4) is 0 Å². The average Bonchev–Trinajstić information content (AvgIpc) is 2.46. The number of nitrogens with zero attached hydrogens (tertiary/aromatic N) is 1. The minimum absolute atomic E-state index is 0.293. The lowest BCUT2D eigenvalue weighted by Crippen LogP contribution is -2.39. The monoisotopic (exact) mass is 314 g/mol. The van der Waals surface area contributed by atoms with E-state index in [1.807, 2.05) is 18.2 Å². The van der Waals surface area contributed by atoms with Crippen LogP contribution >= 0.6 is 11.6 Å². The Labute approximate surface area is 129 Å². The van der Waals surface area contributed by atoms with Gasteiger partial charge in [0.2, 0.25) is 0 Å². The van der Waals surface area contributed by atoms with Crippen LogP contribution in [0.5, 0.6) is 0 Å². The van der Waals surface area contributed by atoms with Crippen molar-refractivity contribution in [2.24, 2.45) is 0 Å². The molecule has 3 nitrogen and oxygen atoms in total. The highest BCUT2D eigenvalue weighted by atomic mass is 35.5. The van der Waals surface area contributed by atoms with E-state index in [0.717, 1.165) is 49.1 Å². The molecule has 0 bridgehead atoms. The molecule has 1 N–H and O–H groups in total. The van der Waals surface area contributed by atoms with Gasteiger partial charge in [0.25, 0.3) is 0 Å². The third-order valence-electron chi connectivity index (χ3n) is 3.74. The van der Waals surface area contributed by atoms with Gasteiger partial charge in [-0.15, -0.1) is 0 Å². The van der Waals surface area contributed by atoms with E-state index in [-0.39, 0.29) is 0 Å². The zero-order chi connectivity index (χ0) is 14.4. The van der Waals surface area contributed by atoms with Gasteiger partial charge in [-0.25, -0.2) is 0 Å². The molecule has 112 valence electrons. The van der Waals surface area contributed by atoms with E-state index in [4.69, 9.17) is 11.6 Å². The molecular formula is C15H23ClN2OS. The van der Waals surface area contributed by atoms with Crippen LogP contribution < -0.4 is 5.32 Å². The van der Waals surface area contributed by atoms with Crippen LogP contribution in [0.2, 0.25) is 5.02 Å². The lowest BCUT2D eigenvalue weighted by molar-refractivity contribution is 0.279. The van der Waals surface area contributed by atoms with Crippen molar-refractivity contribution >= 4 is 22.4 Å². The Hall–Kier alpha value is -0.420. The molecule has 1 aromatic carbocycles. The second-order valence-electron chi connectivity index (χ2n) is 5.11. The predicted octanol–water partition coefficient (Wildman–Crippen LogP) is 2.45. The summed E-state index contributed by atoms with van der Waals surface area (Å²) >= 11 is 6.30. The fraction of sp³-hybridized carbons (Fsp3) is 0.600. The molecule has 0 amide bonds. The maximum atomic E-state index is 11.4. The average molecular weight is 315 g/mol. The summed E-state index contributed by atoms with van der Waals surface area (Å²) in [5.74, 6) is 1.63. The van der Waals surface area contributed by atoms with Gasteiger partial charge in [-0.3, -0.25) is 4.21 Å². The predicted molar refractivity (Wildman–Crippen MR) is 86.8 cm³/mol. The quantitative estimate of drug-likeness (QED) is 0.875. The molecule has 0 aromatic heterocycles. The molecule has 1 unspecified atom stereocenters.